The Morgan fingerprint density at radius 3 is 2.60 bits per heavy atom. The molecule has 0 radical (unpaired) electrons. The van der Waals surface area contributed by atoms with Crippen molar-refractivity contribution >= 4 is 33.5 Å². The van der Waals surface area contributed by atoms with E-state index < -0.39 is 0 Å². The molecule has 0 unspecified atom stereocenters. The van der Waals surface area contributed by atoms with E-state index >= 15 is 0 Å². The summed E-state index contributed by atoms with van der Waals surface area (Å²) in [5, 5.41) is 0. The molecular formula is C20H16BrNO3. The molecule has 0 aliphatic carbocycles. The van der Waals surface area contributed by atoms with E-state index in [1.807, 2.05) is 55.5 Å². The van der Waals surface area contributed by atoms with Crippen LogP contribution in [0.5, 0.6) is 0 Å². The van der Waals surface area contributed by atoms with Gasteiger partial charge in [-0.1, -0.05) is 45.8 Å². The van der Waals surface area contributed by atoms with Crippen molar-refractivity contribution < 1.29 is 14.3 Å². The Morgan fingerprint density at radius 2 is 1.88 bits per heavy atom. The van der Waals surface area contributed by atoms with Gasteiger partial charge < -0.3 is 4.74 Å². The molecular weight excluding hydrogens is 382 g/mol. The maximum absolute atomic E-state index is 12.9. The number of aryl methyl sites for hydroxylation is 1. The number of anilines is 1. The Bertz CT molecular complexity index is 901. The molecule has 4 nitrogen and oxygen atoms in total. The first kappa shape index (κ1) is 16.1. The average Bonchev–Trinajstić information content (AvgIpc) is 2.97. The van der Waals surface area contributed by atoms with Crippen molar-refractivity contribution in [3.05, 3.63) is 75.4 Å². The highest BCUT2D eigenvalue weighted by Crippen LogP contribution is 2.42. The molecule has 0 fully saturated rings. The molecule has 2 heterocycles. The molecule has 0 saturated heterocycles. The lowest BCUT2D eigenvalue weighted by Crippen LogP contribution is -2.37. The molecule has 0 bridgehead atoms. The van der Waals surface area contributed by atoms with Crippen molar-refractivity contribution in [2.45, 2.75) is 19.3 Å². The van der Waals surface area contributed by atoms with Gasteiger partial charge in [-0.3, -0.25) is 9.69 Å². The third-order valence-electron chi connectivity index (χ3n) is 4.66. The Hall–Kier alpha value is -2.40. The number of hydrogen-bond donors (Lipinski definition) is 0. The number of carbonyl (C=O) groups is 2. The highest BCUT2D eigenvalue weighted by atomic mass is 79.9. The van der Waals surface area contributed by atoms with E-state index in [9.17, 15) is 9.59 Å². The second-order valence-corrected chi connectivity index (χ2v) is 7.23. The van der Waals surface area contributed by atoms with E-state index in [0.29, 0.717) is 11.3 Å². The Balaban J connectivity index is 1.83. The normalized spacial score (nSPS) is 19.9. The van der Waals surface area contributed by atoms with Crippen LogP contribution in [-0.4, -0.2) is 18.5 Å². The molecule has 2 aromatic rings. The minimum atomic E-state index is -0.329. The molecule has 4 rings (SSSR count). The zero-order valence-corrected chi connectivity index (χ0v) is 15.2. The topological polar surface area (TPSA) is 46.6 Å². The fraction of sp³-hybridized carbons (Fsp3) is 0.200. The lowest BCUT2D eigenvalue weighted by Gasteiger charge is -2.32. The van der Waals surface area contributed by atoms with Crippen LogP contribution >= 0.6 is 15.9 Å². The largest absolute Gasteiger partial charge is 0.456 e. The number of hydrogen-bond acceptors (Lipinski definition) is 3. The van der Waals surface area contributed by atoms with Gasteiger partial charge >= 0.3 is 5.97 Å². The van der Waals surface area contributed by atoms with Gasteiger partial charge in [-0.15, -0.1) is 0 Å². The molecule has 5 heteroatoms. The van der Waals surface area contributed by atoms with Crippen LogP contribution in [-0.2, 0) is 14.3 Å². The van der Waals surface area contributed by atoms with Gasteiger partial charge in [0.25, 0.3) is 0 Å². The molecule has 25 heavy (non-hydrogen) atoms. The quantitative estimate of drug-likeness (QED) is 0.716. The standard InChI is InChI=1S/C20H16BrNO3/c1-12-5-7-15(8-6-12)22-17-11-25-20(24)19(17)16(10-18(22)23)13-3-2-4-14(21)9-13/h2-9,16H,10-11H2,1H3/t16-/m0/s1. The first-order chi connectivity index (χ1) is 12.0. The van der Waals surface area contributed by atoms with Crippen LogP contribution in [0.3, 0.4) is 0 Å². The van der Waals surface area contributed by atoms with Gasteiger partial charge in [-0.25, -0.2) is 4.79 Å². The van der Waals surface area contributed by atoms with Gasteiger partial charge in [0.05, 0.1) is 11.3 Å². The first-order valence-corrected chi connectivity index (χ1v) is 8.89. The Kier molecular flexibility index (Phi) is 3.96. The number of rotatable bonds is 2. The van der Waals surface area contributed by atoms with Gasteiger partial charge in [-0.2, -0.15) is 0 Å². The number of benzene rings is 2. The predicted molar refractivity (Wildman–Crippen MR) is 98.2 cm³/mol. The summed E-state index contributed by atoms with van der Waals surface area (Å²) in [7, 11) is 0. The molecule has 2 aliphatic rings. The smallest absolute Gasteiger partial charge is 0.336 e. The van der Waals surface area contributed by atoms with Crippen LogP contribution < -0.4 is 4.90 Å². The van der Waals surface area contributed by atoms with Crippen molar-refractivity contribution in [2.24, 2.45) is 0 Å². The monoisotopic (exact) mass is 397 g/mol. The molecule has 0 aromatic heterocycles. The van der Waals surface area contributed by atoms with Gasteiger partial charge in [0, 0.05) is 22.5 Å². The molecule has 2 aliphatic heterocycles. The molecule has 0 N–H and O–H groups in total. The van der Waals surface area contributed by atoms with Gasteiger partial charge in [0.2, 0.25) is 5.91 Å². The minimum Gasteiger partial charge on any atom is -0.456 e. The Morgan fingerprint density at radius 1 is 1.12 bits per heavy atom. The summed E-state index contributed by atoms with van der Waals surface area (Å²) in [4.78, 5) is 26.9. The van der Waals surface area contributed by atoms with Crippen molar-refractivity contribution in [2.75, 3.05) is 11.5 Å². The fourth-order valence-corrected chi connectivity index (χ4v) is 3.87. The van der Waals surface area contributed by atoms with Crippen LogP contribution in [0.4, 0.5) is 5.69 Å². The number of halogens is 1. The van der Waals surface area contributed by atoms with Crippen molar-refractivity contribution in [1.82, 2.24) is 0 Å². The molecule has 0 saturated carbocycles. The highest BCUT2D eigenvalue weighted by Gasteiger charge is 2.42. The third kappa shape index (κ3) is 2.78. The van der Waals surface area contributed by atoms with Crippen molar-refractivity contribution in [3.63, 3.8) is 0 Å². The molecule has 1 atom stereocenters. The lowest BCUT2D eigenvalue weighted by molar-refractivity contribution is -0.136. The molecule has 126 valence electrons. The first-order valence-electron chi connectivity index (χ1n) is 8.10. The maximum Gasteiger partial charge on any atom is 0.336 e. The summed E-state index contributed by atoms with van der Waals surface area (Å²) in [6.07, 6.45) is 0.248. The number of amides is 1. The van der Waals surface area contributed by atoms with E-state index in [0.717, 1.165) is 21.3 Å². The summed E-state index contributed by atoms with van der Waals surface area (Å²) in [5.74, 6) is -0.618. The predicted octanol–water partition coefficient (Wildman–Crippen LogP) is 4.09. The number of esters is 1. The molecule has 0 spiro atoms. The zero-order valence-electron chi connectivity index (χ0n) is 13.7. The second-order valence-electron chi connectivity index (χ2n) is 6.31. The molecule has 2 aromatic carbocycles. The van der Waals surface area contributed by atoms with Crippen LogP contribution in [0.2, 0.25) is 0 Å². The fourth-order valence-electron chi connectivity index (χ4n) is 3.46. The van der Waals surface area contributed by atoms with Crippen LogP contribution in [0.15, 0.2) is 64.3 Å². The van der Waals surface area contributed by atoms with E-state index in [-0.39, 0.29) is 30.8 Å². The summed E-state index contributed by atoms with van der Waals surface area (Å²) in [6.45, 7) is 2.14. The number of nitrogens with zero attached hydrogens (tertiary/aromatic N) is 1. The van der Waals surface area contributed by atoms with Crippen molar-refractivity contribution in [3.8, 4) is 0 Å². The van der Waals surface area contributed by atoms with Gasteiger partial charge in [0.15, 0.2) is 0 Å². The SMILES string of the molecule is Cc1ccc(N2C(=O)C[C@@H](c3cccc(Br)c3)C3=C2COC3=O)cc1. The van der Waals surface area contributed by atoms with Crippen molar-refractivity contribution in [1.29, 1.82) is 0 Å². The highest BCUT2D eigenvalue weighted by molar-refractivity contribution is 9.10. The maximum atomic E-state index is 12.9. The van der Waals surface area contributed by atoms with E-state index in [1.165, 1.54) is 0 Å². The summed E-state index contributed by atoms with van der Waals surface area (Å²) >= 11 is 3.46. The Labute approximate surface area is 154 Å². The van der Waals surface area contributed by atoms with Gasteiger partial charge in [0.1, 0.15) is 6.61 Å². The third-order valence-corrected chi connectivity index (χ3v) is 5.15. The molecule has 1 amide bonds. The summed E-state index contributed by atoms with van der Waals surface area (Å²) < 4.78 is 6.21. The van der Waals surface area contributed by atoms with Crippen LogP contribution in [0.1, 0.15) is 23.5 Å². The number of carbonyl (C=O) groups excluding carboxylic acids is 2. The minimum absolute atomic E-state index is 0.0223. The van der Waals surface area contributed by atoms with Crippen LogP contribution in [0.25, 0.3) is 0 Å². The number of ether oxygens (including phenoxy) is 1. The summed E-state index contributed by atoms with van der Waals surface area (Å²) in [5.41, 5.74) is 4.09. The second kappa shape index (κ2) is 6.15. The summed E-state index contributed by atoms with van der Waals surface area (Å²) in [6, 6.07) is 15.5. The van der Waals surface area contributed by atoms with E-state index in [4.69, 9.17) is 4.74 Å². The number of cyclic esters (lactones) is 1. The van der Waals surface area contributed by atoms with E-state index in [1.54, 1.807) is 4.90 Å². The lowest BCUT2D eigenvalue weighted by atomic mass is 9.84. The van der Waals surface area contributed by atoms with E-state index in [2.05, 4.69) is 15.9 Å². The zero-order chi connectivity index (χ0) is 17.6. The average molecular weight is 398 g/mol. The van der Waals surface area contributed by atoms with Gasteiger partial charge in [-0.05, 0) is 36.8 Å². The van der Waals surface area contributed by atoms with Crippen LogP contribution in [0, 0.1) is 6.92 Å².